The normalized spacial score (nSPS) is 7.57. The summed E-state index contributed by atoms with van der Waals surface area (Å²) in [6.45, 7) is 0. The van der Waals surface area contributed by atoms with Crippen molar-refractivity contribution >= 4 is 21.2 Å². The van der Waals surface area contributed by atoms with Crippen LogP contribution < -0.4 is 0 Å². The standard InChI is InChI=1S/2C5H5.CH2.2ClH.Zr/c2*1-2-4-5-3-1;;;;/h2*1-5H;1H2;2*1H;/q2*-1;;;;+2/p-2. The van der Waals surface area contributed by atoms with Gasteiger partial charge in [-0.15, -0.1) is 0 Å². The molecule has 0 radical (unpaired) electrons. The van der Waals surface area contributed by atoms with E-state index in [9.17, 15) is 0 Å². The summed E-state index contributed by atoms with van der Waals surface area (Å²) >= 11 is -1.85. The largest absolute Gasteiger partial charge is 0.214 e. The van der Waals surface area contributed by atoms with Gasteiger partial charge >= 0.3 is 40.1 Å². The van der Waals surface area contributed by atoms with Gasteiger partial charge in [-0.1, -0.05) is 0 Å². The first-order chi connectivity index (χ1) is 6.73. The second kappa shape index (κ2) is 11.1. The molecule has 0 fully saturated rings. The molecule has 3 heteroatoms. The third-order valence-corrected chi connectivity index (χ3v) is 1.11. The molecule has 0 amide bonds. The van der Waals surface area contributed by atoms with Crippen LogP contribution in [0, 0.1) is 0 Å². The van der Waals surface area contributed by atoms with Gasteiger partial charge in [-0.3, -0.25) is 0 Å². The van der Waals surface area contributed by atoms with Crippen LogP contribution in [0.1, 0.15) is 0 Å². The summed E-state index contributed by atoms with van der Waals surface area (Å²) in [5.74, 6) is 0. The van der Waals surface area contributed by atoms with E-state index < -0.39 is 18.9 Å². The van der Waals surface area contributed by atoms with Gasteiger partial charge in [-0.25, -0.2) is 24.3 Å². The summed E-state index contributed by atoms with van der Waals surface area (Å²) in [7, 11) is 10.3. The molecule has 0 aliphatic rings. The molecule has 76 valence electrons. The van der Waals surface area contributed by atoms with E-state index in [4.69, 9.17) is 17.0 Å². The Morgan fingerprint density at radius 3 is 1.07 bits per heavy atom. The van der Waals surface area contributed by atoms with Crippen molar-refractivity contribution < 1.29 is 18.9 Å². The average molecular weight is 306 g/mol. The van der Waals surface area contributed by atoms with Gasteiger partial charge in [-0.05, 0) is 0 Å². The van der Waals surface area contributed by atoms with Gasteiger partial charge in [0, 0.05) is 0 Å². The minimum atomic E-state index is -1.85. The molecule has 0 bridgehead atoms. The van der Waals surface area contributed by atoms with Gasteiger partial charge in [0.25, 0.3) is 0 Å². The molecule has 0 aromatic heterocycles. The number of hydrogen-bond acceptors (Lipinski definition) is 0. The van der Waals surface area contributed by atoms with Crippen molar-refractivity contribution in [2.45, 2.75) is 0 Å². The first-order valence-corrected chi connectivity index (χ1v) is 12.1. The van der Waals surface area contributed by atoms with E-state index in [0.717, 1.165) is 0 Å². The Morgan fingerprint density at radius 1 is 0.786 bits per heavy atom. The van der Waals surface area contributed by atoms with Crippen molar-refractivity contribution in [3.05, 3.63) is 60.7 Å². The van der Waals surface area contributed by atoms with Gasteiger partial charge in [0.1, 0.15) is 0 Å². The minimum Gasteiger partial charge on any atom is -0.214 e. The molecule has 0 saturated carbocycles. The van der Waals surface area contributed by atoms with Crippen molar-refractivity contribution in [2.24, 2.45) is 0 Å². The van der Waals surface area contributed by atoms with E-state index in [1.54, 1.807) is 0 Å². The van der Waals surface area contributed by atoms with Crippen LogP contribution in [0.5, 0.6) is 0 Å². The van der Waals surface area contributed by atoms with Crippen molar-refractivity contribution in [1.82, 2.24) is 0 Å². The minimum absolute atomic E-state index is 1.85. The molecule has 2 aromatic carbocycles. The molecule has 0 saturated heterocycles. The maximum atomic E-state index is 5.13. The number of rotatable bonds is 0. The monoisotopic (exact) mass is 304 g/mol. The first kappa shape index (κ1) is 14.0. The van der Waals surface area contributed by atoms with Gasteiger partial charge in [-0.2, -0.15) is 36.4 Å². The molecule has 0 nitrogen and oxygen atoms in total. The molecule has 0 unspecified atom stereocenters. The van der Waals surface area contributed by atoms with Crippen molar-refractivity contribution in [3.63, 3.8) is 0 Å². The van der Waals surface area contributed by atoms with Crippen LogP contribution >= 0.6 is 17.0 Å². The van der Waals surface area contributed by atoms with E-state index in [1.807, 2.05) is 60.7 Å². The van der Waals surface area contributed by atoms with Crippen LogP contribution in [0.15, 0.2) is 60.7 Å². The fraction of sp³-hybridized carbons (Fsp3) is 0. The second-order valence-corrected chi connectivity index (χ2v) is 10.5. The van der Waals surface area contributed by atoms with Crippen LogP contribution in [0.4, 0.5) is 0 Å². The zero-order valence-electron chi connectivity index (χ0n) is 7.74. The quantitative estimate of drug-likeness (QED) is 0.641. The summed E-state index contributed by atoms with van der Waals surface area (Å²) < 4.78 is 3.37. The molecule has 0 atom stereocenters. The van der Waals surface area contributed by atoms with Crippen LogP contribution in [-0.4, -0.2) is 4.21 Å². The smallest absolute Gasteiger partial charge is 0.172 e. The third kappa shape index (κ3) is 14.6. The number of hydrogen-bond donors (Lipinski definition) is 0. The molecule has 0 aliphatic carbocycles. The number of halogens is 2. The Labute approximate surface area is 100 Å². The van der Waals surface area contributed by atoms with Gasteiger partial charge in [0.05, 0.1) is 0 Å². The van der Waals surface area contributed by atoms with Gasteiger partial charge in [0.15, 0.2) is 0 Å². The topological polar surface area (TPSA) is 0 Å². The zero-order chi connectivity index (χ0) is 10.6. The Kier molecular flexibility index (Phi) is 11.1. The second-order valence-electron chi connectivity index (χ2n) is 2.26. The van der Waals surface area contributed by atoms with Gasteiger partial charge < -0.3 is 0 Å². The molecule has 0 heterocycles. The van der Waals surface area contributed by atoms with E-state index in [2.05, 4.69) is 4.21 Å². The molecule has 2 rings (SSSR count). The van der Waals surface area contributed by atoms with E-state index in [-0.39, 0.29) is 0 Å². The Morgan fingerprint density at radius 2 is 1.00 bits per heavy atom. The zero-order valence-corrected chi connectivity index (χ0v) is 11.7. The van der Waals surface area contributed by atoms with Crippen LogP contribution in [0.25, 0.3) is 0 Å². The van der Waals surface area contributed by atoms with Crippen LogP contribution in [-0.2, 0) is 18.9 Å². The third-order valence-electron chi connectivity index (χ3n) is 1.11. The van der Waals surface area contributed by atoms with Crippen LogP contribution in [0.3, 0.4) is 0 Å². The summed E-state index contributed by atoms with van der Waals surface area (Å²) in [6, 6.07) is 20.0. The molecule has 2 aromatic rings. The predicted molar refractivity (Wildman–Crippen MR) is 62.9 cm³/mol. The summed E-state index contributed by atoms with van der Waals surface area (Å²) in [6.07, 6.45) is 0. The fourth-order valence-corrected chi connectivity index (χ4v) is 0.642. The van der Waals surface area contributed by atoms with Crippen molar-refractivity contribution in [3.8, 4) is 0 Å². The summed E-state index contributed by atoms with van der Waals surface area (Å²) in [5.41, 5.74) is 0. The molecule has 0 aliphatic heterocycles. The SMILES string of the molecule is [CH2]=[Zr]([Cl])[Cl].c1cc[cH-]c1.c1cc[cH-]c1. The van der Waals surface area contributed by atoms with E-state index >= 15 is 0 Å². The Balaban J connectivity index is 0.000000183. The molecule has 14 heavy (non-hydrogen) atoms. The molecular weight excluding hydrogens is 294 g/mol. The molecule has 0 spiro atoms. The molecule has 0 N–H and O–H groups in total. The summed E-state index contributed by atoms with van der Waals surface area (Å²) in [4.78, 5) is 0. The van der Waals surface area contributed by atoms with E-state index in [1.165, 1.54) is 0 Å². The fourth-order valence-electron chi connectivity index (χ4n) is 0.642. The van der Waals surface area contributed by atoms with Gasteiger partial charge in [0.2, 0.25) is 0 Å². The van der Waals surface area contributed by atoms with Crippen molar-refractivity contribution in [1.29, 1.82) is 0 Å². The molecular formula is C11H12Cl2Zr-2. The van der Waals surface area contributed by atoms with Crippen LogP contribution in [0.2, 0.25) is 0 Å². The first-order valence-electron chi connectivity index (χ1n) is 4.06. The maximum absolute atomic E-state index is 5.13. The van der Waals surface area contributed by atoms with E-state index in [0.29, 0.717) is 0 Å². The average Bonchev–Trinajstić information content (AvgIpc) is 2.83. The summed E-state index contributed by atoms with van der Waals surface area (Å²) in [5, 5.41) is 0. The maximum Gasteiger partial charge on any atom is -0.172 e. The predicted octanol–water partition coefficient (Wildman–Crippen LogP) is 4.16. The van der Waals surface area contributed by atoms with Crippen molar-refractivity contribution in [2.75, 3.05) is 0 Å². The Bertz CT molecular complexity index is 220. The Hall–Kier alpha value is 0.0331.